The van der Waals surface area contributed by atoms with Crippen LogP contribution in [0.5, 0.6) is 0 Å². The van der Waals surface area contributed by atoms with Crippen LogP contribution < -0.4 is 0 Å². The van der Waals surface area contributed by atoms with Crippen LogP contribution in [0.1, 0.15) is 50.5 Å². The fourth-order valence-corrected chi connectivity index (χ4v) is 4.04. The van der Waals surface area contributed by atoms with Crippen molar-refractivity contribution in [3.63, 3.8) is 0 Å². The summed E-state index contributed by atoms with van der Waals surface area (Å²) in [6.45, 7) is 0.659. The molecule has 0 aromatic heterocycles. The van der Waals surface area contributed by atoms with E-state index in [2.05, 4.69) is 40.2 Å². The summed E-state index contributed by atoms with van der Waals surface area (Å²) >= 11 is 3.45. The molecule has 1 aromatic rings. The van der Waals surface area contributed by atoms with Gasteiger partial charge < -0.3 is 9.84 Å². The average molecular weight is 339 g/mol. The van der Waals surface area contributed by atoms with Gasteiger partial charge in [-0.15, -0.1) is 0 Å². The van der Waals surface area contributed by atoms with Crippen LogP contribution in [0.3, 0.4) is 0 Å². The zero-order valence-corrected chi connectivity index (χ0v) is 13.4. The number of ether oxygens (including phenoxy) is 1. The highest BCUT2D eigenvalue weighted by Crippen LogP contribution is 2.52. The molecular formula is C17H23BrO2. The molecule has 0 bridgehead atoms. The lowest BCUT2D eigenvalue weighted by molar-refractivity contribution is -0.203. The molecule has 110 valence electrons. The second-order valence-electron chi connectivity index (χ2n) is 6.32. The summed E-state index contributed by atoms with van der Waals surface area (Å²) in [5.74, 6) is 0. The number of hydrogen-bond donors (Lipinski definition) is 1. The Balaban J connectivity index is 1.61. The van der Waals surface area contributed by atoms with E-state index in [9.17, 15) is 5.11 Å². The van der Waals surface area contributed by atoms with E-state index in [1.165, 1.54) is 31.2 Å². The molecule has 20 heavy (non-hydrogen) atoms. The van der Waals surface area contributed by atoms with Crippen molar-refractivity contribution in [1.82, 2.24) is 0 Å². The Kier molecular flexibility index (Phi) is 4.49. The van der Waals surface area contributed by atoms with Gasteiger partial charge in [-0.05, 0) is 30.5 Å². The molecule has 0 aliphatic heterocycles. The fraction of sp³-hybridized carbons (Fsp3) is 0.647. The molecule has 2 atom stereocenters. The summed E-state index contributed by atoms with van der Waals surface area (Å²) < 4.78 is 7.25. The Morgan fingerprint density at radius 3 is 2.35 bits per heavy atom. The zero-order valence-electron chi connectivity index (χ0n) is 11.9. The smallest absolute Gasteiger partial charge is 0.0720 e. The number of rotatable bonds is 3. The molecular weight excluding hydrogens is 316 g/mol. The first-order valence-corrected chi connectivity index (χ1v) is 8.54. The first-order valence-electron chi connectivity index (χ1n) is 7.75. The molecule has 2 aliphatic rings. The van der Waals surface area contributed by atoms with Gasteiger partial charge in [0, 0.05) is 16.3 Å². The molecule has 1 spiro atoms. The maximum Gasteiger partial charge on any atom is 0.0720 e. The van der Waals surface area contributed by atoms with E-state index in [0.29, 0.717) is 6.61 Å². The van der Waals surface area contributed by atoms with Crippen molar-refractivity contribution < 1.29 is 9.84 Å². The summed E-state index contributed by atoms with van der Waals surface area (Å²) in [6, 6.07) is 8.29. The van der Waals surface area contributed by atoms with Crippen LogP contribution in [0.25, 0.3) is 0 Å². The SMILES string of the molecule is OC1CC(OCc2ccc(Br)cc2)C12CCCCCC2. The van der Waals surface area contributed by atoms with Gasteiger partial charge in [0.2, 0.25) is 0 Å². The Morgan fingerprint density at radius 1 is 1.10 bits per heavy atom. The largest absolute Gasteiger partial charge is 0.392 e. The van der Waals surface area contributed by atoms with Gasteiger partial charge in [-0.3, -0.25) is 0 Å². The third kappa shape index (κ3) is 2.81. The number of aliphatic hydroxyl groups is 1. The van der Waals surface area contributed by atoms with Gasteiger partial charge in [-0.25, -0.2) is 0 Å². The minimum Gasteiger partial charge on any atom is -0.392 e. The van der Waals surface area contributed by atoms with E-state index in [0.717, 1.165) is 23.7 Å². The highest BCUT2D eigenvalue weighted by atomic mass is 79.9. The van der Waals surface area contributed by atoms with E-state index in [1.54, 1.807) is 0 Å². The van der Waals surface area contributed by atoms with E-state index in [4.69, 9.17) is 4.74 Å². The summed E-state index contributed by atoms with van der Waals surface area (Å²) in [5.41, 5.74) is 1.27. The Hall–Kier alpha value is -0.380. The molecule has 0 radical (unpaired) electrons. The highest BCUT2D eigenvalue weighted by Gasteiger charge is 2.54. The first-order chi connectivity index (χ1) is 9.71. The van der Waals surface area contributed by atoms with Crippen molar-refractivity contribution >= 4 is 15.9 Å². The second-order valence-corrected chi connectivity index (χ2v) is 7.24. The zero-order chi connectivity index (χ0) is 14.0. The number of hydrogen-bond acceptors (Lipinski definition) is 2. The monoisotopic (exact) mass is 338 g/mol. The van der Waals surface area contributed by atoms with E-state index in [-0.39, 0.29) is 17.6 Å². The minimum atomic E-state index is -0.143. The fourth-order valence-electron chi connectivity index (χ4n) is 3.78. The summed E-state index contributed by atoms with van der Waals surface area (Å²) in [7, 11) is 0. The Bertz CT molecular complexity index is 435. The van der Waals surface area contributed by atoms with Crippen molar-refractivity contribution in [3.8, 4) is 0 Å². The van der Waals surface area contributed by atoms with Gasteiger partial charge in [0.25, 0.3) is 0 Å². The summed E-state index contributed by atoms with van der Waals surface area (Å²) in [4.78, 5) is 0. The number of halogens is 1. The van der Waals surface area contributed by atoms with Crippen LogP contribution in [-0.4, -0.2) is 17.3 Å². The standard InChI is InChI=1S/C17H23BrO2/c18-14-7-5-13(6-8-14)12-20-16-11-15(19)17(16)9-3-1-2-4-10-17/h5-8,15-16,19H,1-4,9-12H2. The van der Waals surface area contributed by atoms with Crippen LogP contribution >= 0.6 is 15.9 Å². The summed E-state index contributed by atoms with van der Waals surface area (Å²) in [5, 5.41) is 10.3. The Labute approximate surface area is 129 Å². The van der Waals surface area contributed by atoms with Crippen LogP contribution in [-0.2, 0) is 11.3 Å². The normalized spacial score (nSPS) is 28.9. The van der Waals surface area contributed by atoms with Crippen LogP contribution in [0, 0.1) is 5.41 Å². The maximum atomic E-state index is 10.3. The minimum absolute atomic E-state index is 0.0614. The molecule has 0 saturated heterocycles. The number of aliphatic hydroxyl groups excluding tert-OH is 1. The summed E-state index contributed by atoms with van der Waals surface area (Å²) in [6.07, 6.45) is 8.32. The first kappa shape index (κ1) is 14.6. The third-order valence-corrected chi connectivity index (χ3v) is 5.67. The topological polar surface area (TPSA) is 29.5 Å². The van der Waals surface area contributed by atoms with E-state index >= 15 is 0 Å². The second kappa shape index (κ2) is 6.17. The molecule has 2 unspecified atom stereocenters. The van der Waals surface area contributed by atoms with Gasteiger partial charge in [0.05, 0.1) is 18.8 Å². The van der Waals surface area contributed by atoms with Crippen molar-refractivity contribution in [2.75, 3.05) is 0 Å². The predicted octanol–water partition coefficient (Wildman–Crippen LogP) is 4.44. The van der Waals surface area contributed by atoms with Gasteiger partial charge >= 0.3 is 0 Å². The molecule has 1 aromatic carbocycles. The van der Waals surface area contributed by atoms with Gasteiger partial charge in [0.1, 0.15) is 0 Å². The van der Waals surface area contributed by atoms with Crippen molar-refractivity contribution in [3.05, 3.63) is 34.3 Å². The molecule has 0 heterocycles. The van der Waals surface area contributed by atoms with Gasteiger partial charge in [-0.2, -0.15) is 0 Å². The van der Waals surface area contributed by atoms with Crippen molar-refractivity contribution in [1.29, 1.82) is 0 Å². The Morgan fingerprint density at radius 2 is 1.75 bits per heavy atom. The molecule has 3 heteroatoms. The lowest BCUT2D eigenvalue weighted by Gasteiger charge is -2.53. The number of benzene rings is 1. The third-order valence-electron chi connectivity index (χ3n) is 5.14. The molecule has 3 rings (SSSR count). The quantitative estimate of drug-likeness (QED) is 0.882. The molecule has 2 nitrogen and oxygen atoms in total. The van der Waals surface area contributed by atoms with Gasteiger partial charge in [-0.1, -0.05) is 53.7 Å². The highest BCUT2D eigenvalue weighted by molar-refractivity contribution is 9.10. The maximum absolute atomic E-state index is 10.3. The lowest BCUT2D eigenvalue weighted by atomic mass is 9.59. The molecule has 0 amide bonds. The lowest BCUT2D eigenvalue weighted by Crippen LogP contribution is -2.57. The van der Waals surface area contributed by atoms with Crippen molar-refractivity contribution in [2.45, 2.75) is 63.8 Å². The van der Waals surface area contributed by atoms with Crippen LogP contribution in [0.4, 0.5) is 0 Å². The van der Waals surface area contributed by atoms with Gasteiger partial charge in [0.15, 0.2) is 0 Å². The van der Waals surface area contributed by atoms with E-state index < -0.39 is 0 Å². The van der Waals surface area contributed by atoms with E-state index in [1.807, 2.05) is 0 Å². The van der Waals surface area contributed by atoms with Crippen LogP contribution in [0.2, 0.25) is 0 Å². The van der Waals surface area contributed by atoms with Crippen LogP contribution in [0.15, 0.2) is 28.7 Å². The molecule has 2 saturated carbocycles. The molecule has 1 N–H and O–H groups in total. The predicted molar refractivity (Wildman–Crippen MR) is 83.5 cm³/mol. The molecule has 2 fully saturated rings. The average Bonchev–Trinajstić information content (AvgIpc) is 2.73. The molecule has 2 aliphatic carbocycles. The van der Waals surface area contributed by atoms with Crippen molar-refractivity contribution in [2.24, 2.45) is 5.41 Å².